The van der Waals surface area contributed by atoms with Crippen LogP contribution in [0.5, 0.6) is 0 Å². The molecule has 15 heavy (non-hydrogen) atoms. The third kappa shape index (κ3) is 2.18. The summed E-state index contributed by atoms with van der Waals surface area (Å²) < 4.78 is 0. The van der Waals surface area contributed by atoms with E-state index in [4.69, 9.17) is 0 Å². The Bertz CT molecular complexity index is 473. The molecule has 3 heteroatoms. The van der Waals surface area contributed by atoms with E-state index in [2.05, 4.69) is 16.4 Å². The first kappa shape index (κ1) is 9.77. The van der Waals surface area contributed by atoms with Crippen LogP contribution in [0.4, 0.5) is 0 Å². The molecule has 0 unspecified atom stereocenters. The van der Waals surface area contributed by atoms with Crippen LogP contribution in [0.15, 0.2) is 24.4 Å². The monoisotopic (exact) mass is 201 g/mol. The molecule has 1 amide bonds. The van der Waals surface area contributed by atoms with Gasteiger partial charge < -0.3 is 10.3 Å². The first-order chi connectivity index (χ1) is 7.27. The summed E-state index contributed by atoms with van der Waals surface area (Å²) in [5.41, 5.74) is 2.32. The minimum atomic E-state index is 0.0168. The van der Waals surface area contributed by atoms with E-state index in [-0.39, 0.29) is 5.91 Å². The van der Waals surface area contributed by atoms with Gasteiger partial charge in [0.15, 0.2) is 0 Å². The zero-order valence-corrected chi connectivity index (χ0v) is 8.63. The fourth-order valence-electron chi connectivity index (χ4n) is 1.65. The summed E-state index contributed by atoms with van der Waals surface area (Å²) in [6.07, 6.45) is 2.84. The van der Waals surface area contributed by atoms with Gasteiger partial charge >= 0.3 is 0 Å². The first-order valence-electron chi connectivity index (χ1n) is 4.98. The first-order valence-corrected chi connectivity index (χ1v) is 4.98. The third-order valence-corrected chi connectivity index (χ3v) is 2.38. The molecule has 0 aliphatic rings. The maximum absolute atomic E-state index is 10.7. The molecule has 0 saturated heterocycles. The molecular formula is C12H13N2O. The lowest BCUT2D eigenvalue weighted by molar-refractivity contribution is -0.118. The van der Waals surface area contributed by atoms with E-state index in [0.717, 1.165) is 11.9 Å². The normalized spacial score (nSPS) is 10.5. The molecule has 1 aromatic carbocycles. The number of nitrogens with one attached hydrogen (secondary N) is 2. The molecule has 2 aromatic rings. The van der Waals surface area contributed by atoms with Crippen molar-refractivity contribution in [2.45, 2.75) is 13.3 Å². The minimum absolute atomic E-state index is 0.0168. The summed E-state index contributed by atoms with van der Waals surface area (Å²) in [6, 6.07) is 8.89. The molecule has 1 heterocycles. The van der Waals surface area contributed by atoms with Gasteiger partial charge in [0.25, 0.3) is 0 Å². The van der Waals surface area contributed by atoms with Gasteiger partial charge in [0, 0.05) is 30.6 Å². The highest BCUT2D eigenvalue weighted by atomic mass is 16.1. The largest absolute Gasteiger partial charge is 0.361 e. The van der Waals surface area contributed by atoms with Crippen LogP contribution < -0.4 is 5.32 Å². The van der Waals surface area contributed by atoms with E-state index in [9.17, 15) is 4.79 Å². The second-order valence-corrected chi connectivity index (χ2v) is 3.52. The van der Waals surface area contributed by atoms with Crippen molar-refractivity contribution in [3.63, 3.8) is 0 Å². The lowest BCUT2D eigenvalue weighted by Crippen LogP contribution is -2.22. The lowest BCUT2D eigenvalue weighted by atomic mass is 10.1. The summed E-state index contributed by atoms with van der Waals surface area (Å²) in [5, 5.41) is 4.00. The van der Waals surface area contributed by atoms with Crippen molar-refractivity contribution in [2.75, 3.05) is 6.54 Å². The molecule has 0 fully saturated rings. The molecule has 77 valence electrons. The molecular weight excluding hydrogens is 188 g/mol. The van der Waals surface area contributed by atoms with Crippen LogP contribution in [-0.2, 0) is 11.2 Å². The number of aromatic nitrogens is 1. The van der Waals surface area contributed by atoms with Gasteiger partial charge in [-0.15, -0.1) is 0 Å². The zero-order chi connectivity index (χ0) is 10.7. The highest BCUT2D eigenvalue weighted by Crippen LogP contribution is 2.17. The molecule has 0 aliphatic carbocycles. The predicted molar refractivity (Wildman–Crippen MR) is 59.5 cm³/mol. The number of amides is 1. The number of carbonyl (C=O) groups excluding carboxylic acids is 1. The van der Waals surface area contributed by atoms with Crippen LogP contribution in [0.1, 0.15) is 12.5 Å². The number of rotatable bonds is 3. The topological polar surface area (TPSA) is 44.9 Å². The molecule has 0 saturated carbocycles. The van der Waals surface area contributed by atoms with E-state index >= 15 is 0 Å². The summed E-state index contributed by atoms with van der Waals surface area (Å²) in [7, 11) is 0. The van der Waals surface area contributed by atoms with Crippen LogP contribution in [0.25, 0.3) is 10.9 Å². The predicted octanol–water partition coefficient (Wildman–Crippen LogP) is 1.65. The molecule has 1 radical (unpaired) electrons. The van der Waals surface area contributed by atoms with Gasteiger partial charge in [0.05, 0.1) is 0 Å². The standard InChI is InChI=1S/C12H13N2O/c1-9(15)13-7-6-10-8-14-12-5-3-2-4-11(10)12/h2,4-5,8,14H,6-7H2,1H3,(H,13,15). The van der Waals surface area contributed by atoms with Crippen LogP contribution in [0.2, 0.25) is 0 Å². The van der Waals surface area contributed by atoms with Crippen LogP contribution >= 0.6 is 0 Å². The number of hydrogen-bond acceptors (Lipinski definition) is 1. The van der Waals surface area contributed by atoms with Gasteiger partial charge in [-0.3, -0.25) is 4.79 Å². The van der Waals surface area contributed by atoms with Crippen molar-refractivity contribution >= 4 is 16.8 Å². The molecule has 0 bridgehead atoms. The maximum atomic E-state index is 10.7. The summed E-state index contributed by atoms with van der Waals surface area (Å²) in [5.74, 6) is 0.0168. The molecule has 1 aromatic heterocycles. The second kappa shape index (κ2) is 4.17. The number of fused-ring (bicyclic) bond motifs is 1. The van der Waals surface area contributed by atoms with Crippen LogP contribution in [0, 0.1) is 6.07 Å². The van der Waals surface area contributed by atoms with E-state index in [1.807, 2.05) is 24.4 Å². The van der Waals surface area contributed by atoms with Crippen LogP contribution in [-0.4, -0.2) is 17.4 Å². The maximum Gasteiger partial charge on any atom is 0.216 e. The van der Waals surface area contributed by atoms with Crippen molar-refractivity contribution in [1.82, 2.24) is 10.3 Å². The van der Waals surface area contributed by atoms with Crippen molar-refractivity contribution < 1.29 is 4.79 Å². The van der Waals surface area contributed by atoms with Gasteiger partial charge in [-0.05, 0) is 24.1 Å². The lowest BCUT2D eigenvalue weighted by Gasteiger charge is -2.00. The summed E-state index contributed by atoms with van der Waals surface area (Å²) in [6.45, 7) is 2.21. The Kier molecular flexibility index (Phi) is 2.72. The Labute approximate surface area is 88.5 Å². The molecule has 2 N–H and O–H groups in total. The van der Waals surface area contributed by atoms with Crippen molar-refractivity contribution in [2.24, 2.45) is 0 Å². The van der Waals surface area contributed by atoms with E-state index in [1.54, 1.807) is 0 Å². The molecule has 0 aliphatic heterocycles. The van der Waals surface area contributed by atoms with Crippen molar-refractivity contribution in [3.8, 4) is 0 Å². The quantitative estimate of drug-likeness (QED) is 0.779. The van der Waals surface area contributed by atoms with Gasteiger partial charge in [-0.1, -0.05) is 12.1 Å². The average Bonchev–Trinajstić information content (AvgIpc) is 2.62. The molecule has 0 spiro atoms. The highest BCUT2D eigenvalue weighted by molar-refractivity contribution is 5.83. The SMILES string of the molecule is CC(=O)NCCc1c[nH]c2c[c]ccc12. The summed E-state index contributed by atoms with van der Waals surface area (Å²) in [4.78, 5) is 13.9. The fraction of sp³-hybridized carbons (Fsp3) is 0.250. The van der Waals surface area contributed by atoms with Gasteiger partial charge in [0.2, 0.25) is 5.91 Å². The highest BCUT2D eigenvalue weighted by Gasteiger charge is 2.02. The Morgan fingerprint density at radius 2 is 2.47 bits per heavy atom. The smallest absolute Gasteiger partial charge is 0.216 e. The van der Waals surface area contributed by atoms with Gasteiger partial charge in [-0.2, -0.15) is 0 Å². The van der Waals surface area contributed by atoms with E-state index in [0.29, 0.717) is 6.54 Å². The Morgan fingerprint density at radius 3 is 3.27 bits per heavy atom. The third-order valence-electron chi connectivity index (χ3n) is 2.38. The van der Waals surface area contributed by atoms with Crippen molar-refractivity contribution in [3.05, 3.63) is 36.0 Å². The molecule has 2 rings (SSSR count). The van der Waals surface area contributed by atoms with Crippen LogP contribution in [0.3, 0.4) is 0 Å². The number of benzene rings is 1. The Morgan fingerprint density at radius 1 is 1.60 bits per heavy atom. The number of hydrogen-bond donors (Lipinski definition) is 2. The number of carbonyl (C=O) groups is 1. The summed E-state index contributed by atoms with van der Waals surface area (Å²) >= 11 is 0. The van der Waals surface area contributed by atoms with E-state index < -0.39 is 0 Å². The molecule has 0 atom stereocenters. The molecule has 3 nitrogen and oxygen atoms in total. The Balaban J connectivity index is 2.11. The second-order valence-electron chi connectivity index (χ2n) is 3.52. The van der Waals surface area contributed by atoms with Gasteiger partial charge in [-0.25, -0.2) is 0 Å². The van der Waals surface area contributed by atoms with Crippen molar-refractivity contribution in [1.29, 1.82) is 0 Å². The fourth-order valence-corrected chi connectivity index (χ4v) is 1.65. The number of H-pyrrole nitrogens is 1. The van der Waals surface area contributed by atoms with Gasteiger partial charge in [0.1, 0.15) is 0 Å². The number of aromatic amines is 1. The average molecular weight is 201 g/mol. The minimum Gasteiger partial charge on any atom is -0.361 e. The van der Waals surface area contributed by atoms with E-state index in [1.165, 1.54) is 17.9 Å². The Hall–Kier alpha value is -1.77. The zero-order valence-electron chi connectivity index (χ0n) is 8.63.